The summed E-state index contributed by atoms with van der Waals surface area (Å²) in [6.07, 6.45) is 0.241. The molecule has 0 fully saturated rings. The molecule has 1 heterocycles. The van der Waals surface area contributed by atoms with Crippen molar-refractivity contribution in [2.75, 3.05) is 0 Å². The van der Waals surface area contributed by atoms with Crippen molar-refractivity contribution in [1.29, 1.82) is 0 Å². The number of halogens is 1. The number of aliphatic hydroxyl groups is 1. The first-order valence-corrected chi connectivity index (χ1v) is 8.05. The number of aliphatic hydroxyl groups excluding tert-OH is 1. The third-order valence-electron chi connectivity index (χ3n) is 3.18. The fourth-order valence-electron chi connectivity index (χ4n) is 1.97. The van der Waals surface area contributed by atoms with Gasteiger partial charge in [-0.05, 0) is 38.5 Å². The smallest absolute Gasteiger partial charge is 0.0838 e. The Morgan fingerprint density at radius 1 is 1.21 bits per heavy atom. The largest absolute Gasteiger partial charge is 0.388 e. The van der Waals surface area contributed by atoms with Gasteiger partial charge < -0.3 is 5.11 Å². The Labute approximate surface area is 127 Å². The van der Waals surface area contributed by atoms with E-state index in [1.807, 2.05) is 17.5 Å². The maximum Gasteiger partial charge on any atom is 0.0838 e. The maximum atomic E-state index is 10.3. The molecular weight excluding hydrogens is 320 g/mol. The van der Waals surface area contributed by atoms with Gasteiger partial charge in [0.1, 0.15) is 0 Å². The second-order valence-electron chi connectivity index (χ2n) is 5.82. The van der Waals surface area contributed by atoms with E-state index in [-0.39, 0.29) is 5.41 Å². The third kappa shape index (κ3) is 3.91. The first-order valence-electron chi connectivity index (χ1n) is 6.37. The molecule has 102 valence electrons. The van der Waals surface area contributed by atoms with Crippen LogP contribution in [0.25, 0.3) is 0 Å². The highest BCUT2D eigenvalue weighted by Crippen LogP contribution is 2.27. The van der Waals surface area contributed by atoms with Gasteiger partial charge in [0.25, 0.3) is 0 Å². The minimum atomic E-state index is -0.431. The quantitative estimate of drug-likeness (QED) is 0.826. The van der Waals surface area contributed by atoms with Gasteiger partial charge in [0.15, 0.2) is 0 Å². The van der Waals surface area contributed by atoms with E-state index in [9.17, 15) is 5.11 Å². The van der Waals surface area contributed by atoms with Crippen molar-refractivity contribution in [2.45, 2.75) is 38.7 Å². The van der Waals surface area contributed by atoms with E-state index in [0.717, 1.165) is 10.0 Å². The molecule has 0 aliphatic carbocycles. The van der Waals surface area contributed by atoms with Crippen molar-refractivity contribution < 1.29 is 5.11 Å². The van der Waals surface area contributed by atoms with E-state index in [2.05, 4.69) is 54.9 Å². The summed E-state index contributed by atoms with van der Waals surface area (Å²) in [6, 6.07) is 10.4. The third-order valence-corrected chi connectivity index (χ3v) is 4.90. The Morgan fingerprint density at radius 3 is 2.32 bits per heavy atom. The van der Waals surface area contributed by atoms with Gasteiger partial charge in [-0.1, -0.05) is 45.0 Å². The summed E-state index contributed by atoms with van der Waals surface area (Å²) in [5.74, 6) is 0. The van der Waals surface area contributed by atoms with Gasteiger partial charge in [-0.15, -0.1) is 11.3 Å². The SMILES string of the molecule is CC(C)(C)c1ccc(C(O)Cc2cc(Br)cs2)cc1. The van der Waals surface area contributed by atoms with Crippen LogP contribution in [-0.2, 0) is 11.8 Å². The van der Waals surface area contributed by atoms with Crippen LogP contribution in [0.5, 0.6) is 0 Å². The highest BCUT2D eigenvalue weighted by atomic mass is 79.9. The average molecular weight is 339 g/mol. The number of hydrogen-bond donors (Lipinski definition) is 1. The molecule has 1 aromatic carbocycles. The van der Waals surface area contributed by atoms with Gasteiger partial charge in [0, 0.05) is 21.2 Å². The van der Waals surface area contributed by atoms with Gasteiger partial charge in [0.2, 0.25) is 0 Å². The Balaban J connectivity index is 2.09. The van der Waals surface area contributed by atoms with Crippen LogP contribution >= 0.6 is 27.3 Å². The van der Waals surface area contributed by atoms with Crippen molar-refractivity contribution in [1.82, 2.24) is 0 Å². The highest BCUT2D eigenvalue weighted by Gasteiger charge is 2.15. The molecule has 0 amide bonds. The zero-order valence-corrected chi connectivity index (χ0v) is 13.9. The van der Waals surface area contributed by atoms with Crippen LogP contribution < -0.4 is 0 Å². The molecule has 1 atom stereocenters. The lowest BCUT2D eigenvalue weighted by atomic mass is 9.86. The second-order valence-corrected chi connectivity index (χ2v) is 7.73. The molecule has 0 aliphatic heterocycles. The van der Waals surface area contributed by atoms with Crippen LogP contribution in [0.4, 0.5) is 0 Å². The molecule has 1 N–H and O–H groups in total. The first-order chi connectivity index (χ1) is 8.86. The highest BCUT2D eigenvalue weighted by molar-refractivity contribution is 9.10. The topological polar surface area (TPSA) is 20.2 Å². The fraction of sp³-hybridized carbons (Fsp3) is 0.375. The first kappa shape index (κ1) is 14.8. The maximum absolute atomic E-state index is 10.3. The van der Waals surface area contributed by atoms with Gasteiger partial charge in [-0.3, -0.25) is 0 Å². The lowest BCUT2D eigenvalue weighted by Crippen LogP contribution is -2.11. The Morgan fingerprint density at radius 2 is 1.84 bits per heavy atom. The van der Waals surface area contributed by atoms with Crippen molar-refractivity contribution in [3.05, 3.63) is 56.2 Å². The van der Waals surface area contributed by atoms with E-state index in [4.69, 9.17) is 0 Å². The molecule has 2 rings (SSSR count). The van der Waals surface area contributed by atoms with Crippen molar-refractivity contribution >= 4 is 27.3 Å². The molecule has 1 unspecified atom stereocenters. The minimum Gasteiger partial charge on any atom is -0.388 e. The van der Waals surface area contributed by atoms with Crippen LogP contribution in [-0.4, -0.2) is 5.11 Å². The van der Waals surface area contributed by atoms with Gasteiger partial charge in [0.05, 0.1) is 6.10 Å². The molecule has 0 saturated heterocycles. The summed E-state index contributed by atoms with van der Waals surface area (Å²) in [5.41, 5.74) is 2.43. The van der Waals surface area contributed by atoms with E-state index in [0.29, 0.717) is 6.42 Å². The molecular formula is C16H19BrOS. The monoisotopic (exact) mass is 338 g/mol. The van der Waals surface area contributed by atoms with Crippen molar-refractivity contribution in [3.63, 3.8) is 0 Å². The molecule has 19 heavy (non-hydrogen) atoms. The normalized spacial score (nSPS) is 13.5. The van der Waals surface area contributed by atoms with Crippen LogP contribution in [0.3, 0.4) is 0 Å². The molecule has 1 nitrogen and oxygen atoms in total. The molecule has 0 radical (unpaired) electrons. The van der Waals surface area contributed by atoms with E-state index in [1.165, 1.54) is 10.4 Å². The van der Waals surface area contributed by atoms with Crippen molar-refractivity contribution in [2.24, 2.45) is 0 Å². The zero-order chi connectivity index (χ0) is 14.0. The summed E-state index contributed by atoms with van der Waals surface area (Å²) in [5, 5.41) is 12.3. The zero-order valence-electron chi connectivity index (χ0n) is 11.5. The van der Waals surface area contributed by atoms with E-state index < -0.39 is 6.10 Å². The van der Waals surface area contributed by atoms with Gasteiger partial charge >= 0.3 is 0 Å². The van der Waals surface area contributed by atoms with Crippen molar-refractivity contribution in [3.8, 4) is 0 Å². The molecule has 0 saturated carbocycles. The molecule has 2 aromatic rings. The summed E-state index contributed by atoms with van der Waals surface area (Å²) < 4.78 is 1.09. The minimum absolute atomic E-state index is 0.155. The van der Waals surface area contributed by atoms with Crippen LogP contribution in [0, 0.1) is 0 Å². The number of rotatable bonds is 3. The lowest BCUT2D eigenvalue weighted by molar-refractivity contribution is 0.179. The summed E-state index contributed by atoms with van der Waals surface area (Å²) in [7, 11) is 0. The Kier molecular flexibility index (Phi) is 4.49. The summed E-state index contributed by atoms with van der Waals surface area (Å²) in [6.45, 7) is 6.59. The van der Waals surface area contributed by atoms with Crippen LogP contribution in [0.2, 0.25) is 0 Å². The number of thiophene rings is 1. The molecule has 0 spiro atoms. The number of benzene rings is 1. The van der Waals surface area contributed by atoms with Crippen LogP contribution in [0.15, 0.2) is 40.2 Å². The summed E-state index contributed by atoms with van der Waals surface area (Å²) >= 11 is 5.11. The summed E-state index contributed by atoms with van der Waals surface area (Å²) in [4.78, 5) is 1.19. The van der Waals surface area contributed by atoms with Crippen LogP contribution in [0.1, 0.15) is 42.9 Å². The van der Waals surface area contributed by atoms with E-state index >= 15 is 0 Å². The second kappa shape index (κ2) is 5.78. The molecule has 3 heteroatoms. The Bertz CT molecular complexity index is 537. The van der Waals surface area contributed by atoms with Gasteiger partial charge in [-0.2, -0.15) is 0 Å². The number of hydrogen-bond acceptors (Lipinski definition) is 2. The van der Waals surface area contributed by atoms with Gasteiger partial charge in [-0.25, -0.2) is 0 Å². The lowest BCUT2D eigenvalue weighted by Gasteiger charge is -2.20. The van der Waals surface area contributed by atoms with E-state index in [1.54, 1.807) is 11.3 Å². The Hall–Kier alpha value is -0.640. The molecule has 0 bridgehead atoms. The predicted molar refractivity (Wildman–Crippen MR) is 85.8 cm³/mol. The average Bonchev–Trinajstić information content (AvgIpc) is 2.74. The standard InChI is InChI=1S/C16H19BrOS/c1-16(2,3)12-6-4-11(5-7-12)15(18)9-14-8-13(17)10-19-14/h4-8,10,15,18H,9H2,1-3H3. The fourth-order valence-corrected chi connectivity index (χ4v) is 3.46. The molecule has 1 aromatic heterocycles. The molecule has 0 aliphatic rings. The predicted octanol–water partition coefficient (Wildman–Crippen LogP) is 5.08.